The molecule has 0 aromatic heterocycles. The average Bonchev–Trinajstić information content (AvgIpc) is 2.46. The number of hydrogen-bond donors (Lipinski definition) is 0. The van der Waals surface area contributed by atoms with Crippen LogP contribution in [-0.4, -0.2) is 10.9 Å². The molecule has 0 heterocycles. The van der Waals surface area contributed by atoms with Gasteiger partial charge in [0.15, 0.2) is 0 Å². The van der Waals surface area contributed by atoms with Crippen LogP contribution in [0.4, 0.5) is 14.5 Å². The first-order valence-corrected chi connectivity index (χ1v) is 6.05. The Morgan fingerprint density at radius 1 is 1.09 bits per heavy atom. The van der Waals surface area contributed by atoms with Gasteiger partial charge in [-0.3, -0.25) is 10.1 Å². The standard InChI is InChI=1S/C15H9F2NO4/c16-11-4-1-10(2-5-11)3-8-15(19)22-14-9-12(17)6-7-13(14)18(20)21/h1-9H. The first kappa shape index (κ1) is 15.3. The summed E-state index contributed by atoms with van der Waals surface area (Å²) in [7, 11) is 0. The van der Waals surface area contributed by atoms with E-state index >= 15 is 0 Å². The highest BCUT2D eigenvalue weighted by Gasteiger charge is 2.17. The normalized spacial score (nSPS) is 10.6. The Balaban J connectivity index is 2.13. The van der Waals surface area contributed by atoms with Crippen molar-refractivity contribution in [2.45, 2.75) is 0 Å². The third kappa shape index (κ3) is 3.95. The summed E-state index contributed by atoms with van der Waals surface area (Å²) in [6.07, 6.45) is 2.34. The van der Waals surface area contributed by atoms with Crippen molar-refractivity contribution in [3.05, 3.63) is 75.9 Å². The molecule has 2 aromatic carbocycles. The minimum Gasteiger partial charge on any atom is -0.416 e. The first-order chi connectivity index (χ1) is 10.5. The number of halogens is 2. The molecule has 0 aliphatic carbocycles. The summed E-state index contributed by atoms with van der Waals surface area (Å²) in [6, 6.07) is 7.84. The third-order valence-electron chi connectivity index (χ3n) is 2.61. The number of carbonyl (C=O) groups excluding carboxylic acids is 1. The van der Waals surface area contributed by atoms with Crippen LogP contribution in [-0.2, 0) is 4.79 Å². The Bertz CT molecular complexity index is 742. The molecule has 7 heteroatoms. The predicted octanol–water partition coefficient (Wildman–Crippen LogP) is 3.49. The summed E-state index contributed by atoms with van der Waals surface area (Å²) >= 11 is 0. The second kappa shape index (κ2) is 6.57. The van der Waals surface area contributed by atoms with Gasteiger partial charge >= 0.3 is 11.7 Å². The molecule has 112 valence electrons. The number of rotatable bonds is 4. The molecule has 0 radical (unpaired) electrons. The van der Waals surface area contributed by atoms with Gasteiger partial charge in [0.25, 0.3) is 0 Å². The van der Waals surface area contributed by atoms with Crippen LogP contribution in [0.2, 0.25) is 0 Å². The first-order valence-electron chi connectivity index (χ1n) is 6.05. The molecule has 0 fully saturated rings. The second-order valence-electron chi connectivity index (χ2n) is 4.18. The molecule has 0 bridgehead atoms. The van der Waals surface area contributed by atoms with E-state index in [1.165, 1.54) is 30.3 Å². The van der Waals surface area contributed by atoms with Crippen LogP contribution in [0, 0.1) is 21.7 Å². The Hall–Kier alpha value is -3.09. The molecule has 0 aliphatic heterocycles. The van der Waals surface area contributed by atoms with Gasteiger partial charge in [0.1, 0.15) is 11.6 Å². The van der Waals surface area contributed by atoms with Crippen LogP contribution in [0.15, 0.2) is 48.5 Å². The molecule has 0 saturated heterocycles. The molecule has 0 unspecified atom stereocenters. The zero-order valence-electron chi connectivity index (χ0n) is 11.0. The molecule has 0 saturated carbocycles. The SMILES string of the molecule is O=C(C=Cc1ccc(F)cc1)Oc1cc(F)ccc1[N+](=O)[O-]. The van der Waals surface area contributed by atoms with Gasteiger partial charge < -0.3 is 4.74 Å². The van der Waals surface area contributed by atoms with Crippen molar-refractivity contribution in [2.75, 3.05) is 0 Å². The number of nitro groups is 1. The molecule has 2 rings (SSSR count). The highest BCUT2D eigenvalue weighted by molar-refractivity contribution is 5.89. The summed E-state index contributed by atoms with van der Waals surface area (Å²) in [6.45, 7) is 0. The molecular formula is C15H9F2NO4. The lowest BCUT2D eigenvalue weighted by molar-refractivity contribution is -0.385. The predicted molar refractivity (Wildman–Crippen MR) is 74.1 cm³/mol. The molecule has 0 N–H and O–H groups in total. The minimum absolute atomic E-state index is 0.421. The summed E-state index contributed by atoms with van der Waals surface area (Å²) in [5.41, 5.74) is 0.0111. The summed E-state index contributed by atoms with van der Waals surface area (Å²) in [5.74, 6) is -2.59. The minimum atomic E-state index is -0.918. The second-order valence-corrected chi connectivity index (χ2v) is 4.18. The van der Waals surface area contributed by atoms with E-state index in [1.807, 2.05) is 0 Å². The van der Waals surface area contributed by atoms with E-state index in [2.05, 4.69) is 0 Å². The monoisotopic (exact) mass is 305 g/mol. The van der Waals surface area contributed by atoms with Gasteiger partial charge in [-0.15, -0.1) is 0 Å². The molecule has 5 nitrogen and oxygen atoms in total. The highest BCUT2D eigenvalue weighted by Crippen LogP contribution is 2.27. The Labute approximate surface area is 123 Å². The van der Waals surface area contributed by atoms with Crippen molar-refractivity contribution < 1.29 is 23.2 Å². The average molecular weight is 305 g/mol. The van der Waals surface area contributed by atoms with Crippen LogP contribution < -0.4 is 4.74 Å². The zero-order valence-corrected chi connectivity index (χ0v) is 11.0. The van der Waals surface area contributed by atoms with Crippen molar-refractivity contribution in [2.24, 2.45) is 0 Å². The molecule has 22 heavy (non-hydrogen) atoms. The van der Waals surface area contributed by atoms with Crippen LogP contribution in [0.3, 0.4) is 0 Å². The van der Waals surface area contributed by atoms with Crippen molar-refractivity contribution in [3.8, 4) is 5.75 Å². The molecule has 2 aromatic rings. The number of esters is 1. The van der Waals surface area contributed by atoms with Crippen LogP contribution in [0.1, 0.15) is 5.56 Å². The highest BCUT2D eigenvalue weighted by atomic mass is 19.1. The fraction of sp³-hybridized carbons (Fsp3) is 0. The maximum atomic E-state index is 13.1. The fourth-order valence-corrected chi connectivity index (χ4v) is 1.60. The summed E-state index contributed by atoms with van der Waals surface area (Å²) < 4.78 is 30.5. The fourth-order valence-electron chi connectivity index (χ4n) is 1.60. The van der Waals surface area contributed by atoms with E-state index in [1.54, 1.807) is 0 Å². The van der Waals surface area contributed by atoms with Gasteiger partial charge in [-0.05, 0) is 29.8 Å². The summed E-state index contributed by atoms with van der Waals surface area (Å²) in [4.78, 5) is 21.6. The van der Waals surface area contributed by atoms with Crippen molar-refractivity contribution in [3.63, 3.8) is 0 Å². The van der Waals surface area contributed by atoms with Gasteiger partial charge in [-0.2, -0.15) is 0 Å². The van der Waals surface area contributed by atoms with Gasteiger partial charge in [-0.25, -0.2) is 13.6 Å². The van der Waals surface area contributed by atoms with E-state index in [0.717, 1.165) is 24.3 Å². The third-order valence-corrected chi connectivity index (χ3v) is 2.61. The van der Waals surface area contributed by atoms with E-state index < -0.39 is 34.0 Å². The number of carbonyl (C=O) groups is 1. The van der Waals surface area contributed by atoms with Crippen molar-refractivity contribution in [1.29, 1.82) is 0 Å². The van der Waals surface area contributed by atoms with Crippen molar-refractivity contribution >= 4 is 17.7 Å². The summed E-state index contributed by atoms with van der Waals surface area (Å²) in [5, 5.41) is 10.8. The lowest BCUT2D eigenvalue weighted by Gasteiger charge is -2.02. The quantitative estimate of drug-likeness (QED) is 0.285. The molecule has 0 atom stereocenters. The van der Waals surface area contributed by atoms with Gasteiger partial charge in [0, 0.05) is 18.2 Å². The van der Waals surface area contributed by atoms with Gasteiger partial charge in [0.2, 0.25) is 5.75 Å². The Morgan fingerprint density at radius 3 is 2.36 bits per heavy atom. The molecule has 0 amide bonds. The topological polar surface area (TPSA) is 69.4 Å². The number of benzene rings is 2. The smallest absolute Gasteiger partial charge is 0.336 e. The maximum Gasteiger partial charge on any atom is 0.336 e. The van der Waals surface area contributed by atoms with Crippen LogP contribution in [0.25, 0.3) is 6.08 Å². The number of nitro benzene ring substituents is 1. The lowest BCUT2D eigenvalue weighted by Crippen LogP contribution is -2.06. The van der Waals surface area contributed by atoms with Crippen molar-refractivity contribution in [1.82, 2.24) is 0 Å². The largest absolute Gasteiger partial charge is 0.416 e. The van der Waals surface area contributed by atoms with Crippen LogP contribution >= 0.6 is 0 Å². The van der Waals surface area contributed by atoms with E-state index in [4.69, 9.17) is 4.74 Å². The number of nitrogens with zero attached hydrogens (tertiary/aromatic N) is 1. The molecular weight excluding hydrogens is 296 g/mol. The van der Waals surface area contributed by atoms with E-state index in [-0.39, 0.29) is 0 Å². The number of hydrogen-bond acceptors (Lipinski definition) is 4. The Morgan fingerprint density at radius 2 is 1.73 bits per heavy atom. The van der Waals surface area contributed by atoms with E-state index in [0.29, 0.717) is 5.56 Å². The lowest BCUT2D eigenvalue weighted by atomic mass is 10.2. The van der Waals surface area contributed by atoms with Crippen LogP contribution in [0.5, 0.6) is 5.75 Å². The molecule has 0 aliphatic rings. The maximum absolute atomic E-state index is 13.1. The van der Waals surface area contributed by atoms with Gasteiger partial charge in [0.05, 0.1) is 4.92 Å². The number of ether oxygens (including phenoxy) is 1. The molecule has 0 spiro atoms. The Kier molecular flexibility index (Phi) is 4.57. The zero-order chi connectivity index (χ0) is 16.1. The van der Waals surface area contributed by atoms with E-state index in [9.17, 15) is 23.7 Å². The van der Waals surface area contributed by atoms with Gasteiger partial charge in [-0.1, -0.05) is 12.1 Å².